The van der Waals surface area contributed by atoms with Crippen LogP contribution >= 0.6 is 0 Å². The smallest absolute Gasteiger partial charge is 0.239 e. The van der Waals surface area contributed by atoms with Gasteiger partial charge in [-0.1, -0.05) is 12.8 Å². The van der Waals surface area contributed by atoms with Gasteiger partial charge in [0.1, 0.15) is 5.82 Å². The lowest BCUT2D eigenvalue weighted by Gasteiger charge is -2.43. The van der Waals surface area contributed by atoms with Gasteiger partial charge in [-0.25, -0.2) is 0 Å². The molecule has 1 amide bonds. The number of carbonyl (C=O) groups excluding carboxylic acids is 1. The normalized spacial score (nSPS) is 26.4. The number of piperidine rings is 1. The fourth-order valence-corrected chi connectivity index (χ4v) is 4.02. The van der Waals surface area contributed by atoms with Crippen molar-refractivity contribution in [3.05, 3.63) is 11.8 Å². The topological polar surface area (TPSA) is 50.2 Å². The van der Waals surface area contributed by atoms with Crippen LogP contribution < -0.4 is 5.32 Å². The minimum absolute atomic E-state index is 0.0872. The molecular formula is C16H26N4O. The highest BCUT2D eigenvalue weighted by Crippen LogP contribution is 2.35. The molecule has 5 nitrogen and oxygen atoms in total. The van der Waals surface area contributed by atoms with Crippen LogP contribution in [0.15, 0.2) is 6.07 Å². The second kappa shape index (κ2) is 6.18. The summed E-state index contributed by atoms with van der Waals surface area (Å²) in [7, 11) is 1.86. The summed E-state index contributed by atoms with van der Waals surface area (Å²) in [6.45, 7) is 3.53. The van der Waals surface area contributed by atoms with Crippen molar-refractivity contribution in [3.8, 4) is 0 Å². The van der Waals surface area contributed by atoms with Crippen molar-refractivity contribution in [2.24, 2.45) is 13.0 Å². The van der Waals surface area contributed by atoms with E-state index in [4.69, 9.17) is 0 Å². The monoisotopic (exact) mass is 290 g/mol. The van der Waals surface area contributed by atoms with Crippen molar-refractivity contribution < 1.29 is 4.79 Å². The van der Waals surface area contributed by atoms with Crippen LogP contribution in [0.1, 0.15) is 44.2 Å². The molecule has 2 aliphatic rings. The van der Waals surface area contributed by atoms with Gasteiger partial charge in [-0.15, -0.1) is 0 Å². The Bertz CT molecular complexity index is 508. The highest BCUT2D eigenvalue weighted by Gasteiger charge is 2.33. The van der Waals surface area contributed by atoms with E-state index >= 15 is 0 Å². The summed E-state index contributed by atoms with van der Waals surface area (Å²) >= 11 is 0. The first-order chi connectivity index (χ1) is 10.1. The Hall–Kier alpha value is -1.36. The van der Waals surface area contributed by atoms with Crippen molar-refractivity contribution in [2.75, 3.05) is 18.4 Å². The van der Waals surface area contributed by atoms with Crippen LogP contribution in [-0.2, 0) is 11.8 Å². The average molecular weight is 290 g/mol. The zero-order chi connectivity index (χ0) is 14.8. The van der Waals surface area contributed by atoms with Gasteiger partial charge in [0, 0.05) is 19.2 Å². The summed E-state index contributed by atoms with van der Waals surface area (Å²) < 4.78 is 1.73. The Morgan fingerprint density at radius 2 is 2.10 bits per heavy atom. The summed E-state index contributed by atoms with van der Waals surface area (Å²) in [5.41, 5.74) is 0.929. The Balaban J connectivity index is 1.60. The van der Waals surface area contributed by atoms with E-state index in [-0.39, 0.29) is 5.91 Å². The zero-order valence-corrected chi connectivity index (χ0v) is 13.1. The first kappa shape index (κ1) is 14.6. The molecule has 1 aromatic heterocycles. The van der Waals surface area contributed by atoms with E-state index in [2.05, 4.69) is 15.3 Å². The van der Waals surface area contributed by atoms with Gasteiger partial charge < -0.3 is 5.32 Å². The predicted molar refractivity (Wildman–Crippen MR) is 83.1 cm³/mol. The fraction of sp³-hybridized carbons (Fsp3) is 0.750. The summed E-state index contributed by atoms with van der Waals surface area (Å²) in [6.07, 6.45) is 7.89. The Morgan fingerprint density at radius 3 is 2.86 bits per heavy atom. The van der Waals surface area contributed by atoms with Crippen molar-refractivity contribution in [1.29, 1.82) is 0 Å². The van der Waals surface area contributed by atoms with Gasteiger partial charge in [-0.05, 0) is 45.1 Å². The highest BCUT2D eigenvalue weighted by atomic mass is 16.2. The SMILES string of the molecule is Cc1cc(NC(=O)CN2CCCC3CCCCC32)n(C)n1. The van der Waals surface area contributed by atoms with Crippen LogP contribution in [0.3, 0.4) is 0 Å². The zero-order valence-electron chi connectivity index (χ0n) is 13.1. The number of hydrogen-bond acceptors (Lipinski definition) is 3. The summed E-state index contributed by atoms with van der Waals surface area (Å²) in [4.78, 5) is 14.7. The van der Waals surface area contributed by atoms with E-state index in [1.807, 2.05) is 20.0 Å². The number of nitrogens with zero attached hydrogens (tertiary/aromatic N) is 3. The number of aryl methyl sites for hydroxylation is 2. The molecule has 2 heterocycles. The van der Waals surface area contributed by atoms with Gasteiger partial charge >= 0.3 is 0 Å². The first-order valence-electron chi connectivity index (χ1n) is 8.18. The van der Waals surface area contributed by atoms with Crippen LogP contribution in [0.2, 0.25) is 0 Å². The molecule has 1 saturated carbocycles. The van der Waals surface area contributed by atoms with Crippen molar-refractivity contribution >= 4 is 11.7 Å². The fourth-order valence-electron chi connectivity index (χ4n) is 4.02. The van der Waals surface area contributed by atoms with Gasteiger partial charge in [-0.3, -0.25) is 14.4 Å². The molecule has 0 spiro atoms. The maximum atomic E-state index is 12.3. The lowest BCUT2D eigenvalue weighted by molar-refractivity contribution is -0.119. The average Bonchev–Trinajstić information content (AvgIpc) is 2.77. The number of carbonyl (C=O) groups is 1. The van der Waals surface area contributed by atoms with Gasteiger partial charge in [-0.2, -0.15) is 5.10 Å². The number of nitrogens with one attached hydrogen (secondary N) is 1. The van der Waals surface area contributed by atoms with Crippen LogP contribution in [0.5, 0.6) is 0 Å². The molecule has 1 aliphatic heterocycles. The molecule has 21 heavy (non-hydrogen) atoms. The molecule has 2 atom stereocenters. The van der Waals surface area contributed by atoms with Crippen LogP contribution in [0.4, 0.5) is 5.82 Å². The molecule has 2 fully saturated rings. The number of fused-ring (bicyclic) bond motifs is 1. The van der Waals surface area contributed by atoms with Crippen molar-refractivity contribution in [3.63, 3.8) is 0 Å². The van der Waals surface area contributed by atoms with E-state index < -0.39 is 0 Å². The standard InChI is InChI=1S/C16H26N4O/c1-12-10-15(19(2)18-12)17-16(21)11-20-9-5-7-13-6-3-4-8-14(13)20/h10,13-14H,3-9,11H2,1-2H3,(H,17,21). The van der Waals surface area contributed by atoms with Crippen molar-refractivity contribution in [1.82, 2.24) is 14.7 Å². The molecule has 0 bridgehead atoms. The Kier molecular flexibility index (Phi) is 4.29. The highest BCUT2D eigenvalue weighted by molar-refractivity contribution is 5.91. The van der Waals surface area contributed by atoms with Gasteiger partial charge in [0.05, 0.1) is 12.2 Å². The van der Waals surface area contributed by atoms with Gasteiger partial charge in [0.2, 0.25) is 5.91 Å². The third kappa shape index (κ3) is 3.28. The Labute approximate surface area is 126 Å². The molecule has 1 aliphatic carbocycles. The van der Waals surface area contributed by atoms with E-state index in [1.165, 1.54) is 38.5 Å². The maximum Gasteiger partial charge on any atom is 0.239 e. The van der Waals surface area contributed by atoms with Crippen LogP contribution in [0.25, 0.3) is 0 Å². The van der Waals surface area contributed by atoms with Gasteiger partial charge in [0.25, 0.3) is 0 Å². The second-order valence-electron chi connectivity index (χ2n) is 6.57. The molecule has 1 saturated heterocycles. The van der Waals surface area contributed by atoms with Crippen LogP contribution in [-0.4, -0.2) is 39.7 Å². The quantitative estimate of drug-likeness (QED) is 0.929. The van der Waals surface area contributed by atoms with E-state index in [9.17, 15) is 4.79 Å². The molecule has 0 aromatic carbocycles. The lowest BCUT2D eigenvalue weighted by atomic mass is 9.78. The number of likely N-dealkylation sites (tertiary alicyclic amines) is 1. The first-order valence-corrected chi connectivity index (χ1v) is 8.18. The molecular weight excluding hydrogens is 264 g/mol. The van der Waals surface area contributed by atoms with Crippen molar-refractivity contribution in [2.45, 2.75) is 51.5 Å². The lowest BCUT2D eigenvalue weighted by Crippen LogP contribution is -2.49. The molecule has 3 rings (SSSR count). The molecule has 116 valence electrons. The minimum Gasteiger partial charge on any atom is -0.310 e. The van der Waals surface area contributed by atoms with E-state index in [0.717, 1.165) is 24.0 Å². The predicted octanol–water partition coefficient (Wildman–Crippen LogP) is 2.32. The third-order valence-corrected chi connectivity index (χ3v) is 4.97. The number of aromatic nitrogens is 2. The van der Waals surface area contributed by atoms with E-state index in [0.29, 0.717) is 12.6 Å². The molecule has 0 radical (unpaired) electrons. The molecule has 2 unspecified atom stereocenters. The number of amides is 1. The number of hydrogen-bond donors (Lipinski definition) is 1. The maximum absolute atomic E-state index is 12.3. The summed E-state index contributed by atoms with van der Waals surface area (Å²) in [5, 5.41) is 7.26. The molecule has 5 heteroatoms. The third-order valence-electron chi connectivity index (χ3n) is 4.97. The molecule has 1 aromatic rings. The van der Waals surface area contributed by atoms with E-state index in [1.54, 1.807) is 4.68 Å². The minimum atomic E-state index is 0.0872. The van der Waals surface area contributed by atoms with Gasteiger partial charge in [0.15, 0.2) is 0 Å². The number of anilines is 1. The number of rotatable bonds is 3. The largest absolute Gasteiger partial charge is 0.310 e. The Morgan fingerprint density at radius 1 is 1.33 bits per heavy atom. The second-order valence-corrected chi connectivity index (χ2v) is 6.57. The van der Waals surface area contributed by atoms with Crippen LogP contribution in [0, 0.1) is 12.8 Å². The summed E-state index contributed by atoms with van der Waals surface area (Å²) in [5.74, 6) is 1.69. The summed E-state index contributed by atoms with van der Waals surface area (Å²) in [6, 6.07) is 2.55. The molecule has 1 N–H and O–H groups in total.